The van der Waals surface area contributed by atoms with E-state index in [4.69, 9.17) is 256 Å². The molecule has 6 aromatic rings. The molecule has 0 spiro atoms. The Morgan fingerprint density at radius 1 is 0.341 bits per heavy atom. The normalized spacial score (nSPS) is 14.8. The van der Waals surface area contributed by atoms with E-state index in [0.29, 0.717) is 72.6 Å². The summed E-state index contributed by atoms with van der Waals surface area (Å²) in [5.41, 5.74) is 8.35. The van der Waals surface area contributed by atoms with Gasteiger partial charge in [0.1, 0.15) is 0 Å². The van der Waals surface area contributed by atoms with Crippen LogP contribution in [0.3, 0.4) is 0 Å². The number of likely N-dealkylation sites (tertiary alicyclic amines) is 2. The predicted octanol–water partition coefficient (Wildman–Crippen LogP) is 34.5. The Hall–Kier alpha value is -7.81. The summed E-state index contributed by atoms with van der Waals surface area (Å²) in [6, 6.07) is 29.9. The molecule has 4 aliphatic rings. The number of anilines is 2. The first-order valence-corrected chi connectivity index (χ1v) is 32.0. The Balaban J connectivity index is -0.0000000643. The molecular formula is C64H80F54N6O6Y2-2. The summed E-state index contributed by atoms with van der Waals surface area (Å²) < 4.78 is 449. The van der Waals surface area contributed by atoms with Gasteiger partial charge in [0, 0.05) is 387 Å². The predicted molar refractivity (Wildman–Crippen MR) is 362 cm³/mol. The molecule has 4 heterocycles. The smallest absolute Gasteiger partial charge is 0.256 e. The number of carbonyl (C=O) groups is 4. The van der Waals surface area contributed by atoms with Crippen LogP contribution >= 0.6 is 0 Å². The number of fused-ring (bicyclic) bond motifs is 2. The standard InChI is InChI=1S/2C32H40N3O3.27F2.2Y/c2*1-21-9-13-27(14-10-21)38-20-26-15-22(2)18-35(26)31(36)17-24-11-12-25(16-23(24)3)33-32(37)29-19-34(4)30-8-6-5-7-28(29)30;27*1-2;;/h2*5-8,11,16,19,21-22,26-27H,9-10,13-15,17-18,20H2,1-4H3,(H,33,37);;;;;;;;;;;;;;;;;;;;;;;;;;;;;/q2*-1;;;;;;;;;;;;;;;;;;;;;;;;;;;;;/t2*21?,22-,26-,27?;;;;;;;;;;;;;;;;;;;;;;;;;;;;;/m00............................./s1. The molecule has 0 bridgehead atoms. The van der Waals surface area contributed by atoms with Gasteiger partial charge in [0.2, 0.25) is 11.8 Å². The molecule has 2 aliphatic carbocycles. The number of nitrogens with zero attached hydrogens (tertiary/aromatic N) is 4. The van der Waals surface area contributed by atoms with Crippen molar-refractivity contribution in [1.82, 2.24) is 18.9 Å². The Morgan fingerprint density at radius 3 is 0.780 bits per heavy atom. The number of halogens is 54. The number of benzene rings is 4. The molecule has 2 N–H and O–H groups in total. The Bertz CT molecular complexity index is 2950. The molecule has 2 saturated heterocycles. The zero-order valence-electron chi connectivity index (χ0n) is 67.8. The molecule has 788 valence electrons. The number of aromatic nitrogens is 2. The largest absolute Gasteiger partial charge is 0.376 e. The van der Waals surface area contributed by atoms with Gasteiger partial charge in [-0.1, -0.05) is 89.3 Å². The topological polar surface area (TPSA) is 127 Å². The van der Waals surface area contributed by atoms with Crippen molar-refractivity contribution in [2.45, 2.75) is 143 Å². The van der Waals surface area contributed by atoms with Gasteiger partial charge >= 0.3 is 0 Å². The number of amides is 4. The second-order valence-corrected chi connectivity index (χ2v) is 23.2. The van der Waals surface area contributed by atoms with E-state index in [1.165, 1.54) is 25.7 Å². The van der Waals surface area contributed by atoms with Crippen molar-refractivity contribution < 1.29 is 341 Å². The van der Waals surface area contributed by atoms with Crippen LogP contribution in [-0.2, 0) is 111 Å². The third-order valence-corrected chi connectivity index (χ3v) is 16.9. The summed E-state index contributed by atoms with van der Waals surface area (Å²) in [6.45, 7) is 15.9. The Morgan fingerprint density at radius 2 is 0.561 bits per heavy atom. The molecule has 10 rings (SSSR count). The summed E-state index contributed by atoms with van der Waals surface area (Å²) >= 11 is 0. The second kappa shape index (κ2) is 146. The molecular weight excluding hydrogens is 2150 g/mol. The maximum absolute atomic E-state index is 13.4. The molecule has 2 radical (unpaired) electrons. The van der Waals surface area contributed by atoms with E-state index in [1.807, 2.05) is 132 Å². The van der Waals surface area contributed by atoms with Gasteiger partial charge in [0.05, 0.1) is 48.6 Å². The van der Waals surface area contributed by atoms with Crippen molar-refractivity contribution in [2.75, 3.05) is 36.9 Å². The van der Waals surface area contributed by atoms with Gasteiger partial charge in [-0.3, -0.25) is 19.2 Å². The van der Waals surface area contributed by atoms with Gasteiger partial charge in [-0.05, 0) is 100 Å². The van der Waals surface area contributed by atoms with Crippen molar-refractivity contribution in [3.63, 3.8) is 0 Å². The molecule has 4 aromatic carbocycles. The fourth-order valence-corrected chi connectivity index (χ4v) is 12.3. The van der Waals surface area contributed by atoms with E-state index < -0.39 is 0 Å². The number of aryl methyl sites for hydroxylation is 4. The van der Waals surface area contributed by atoms with Crippen LogP contribution in [-0.4, -0.2) is 93.2 Å². The van der Waals surface area contributed by atoms with E-state index in [0.717, 1.165) is 108 Å². The molecule has 12 nitrogen and oxygen atoms in total. The van der Waals surface area contributed by atoms with Crippen LogP contribution in [0.5, 0.6) is 0 Å². The van der Waals surface area contributed by atoms with Crippen molar-refractivity contribution >= 4 is 56.8 Å². The van der Waals surface area contributed by atoms with E-state index in [1.54, 1.807) is 0 Å². The van der Waals surface area contributed by atoms with Gasteiger partial charge < -0.3 is 39.0 Å². The van der Waals surface area contributed by atoms with E-state index in [-0.39, 0.29) is 101 Å². The van der Waals surface area contributed by atoms with Crippen LogP contribution < -0.4 is 10.6 Å². The van der Waals surface area contributed by atoms with E-state index in [2.05, 4.69) is 50.5 Å². The third kappa shape index (κ3) is 79.6. The van der Waals surface area contributed by atoms with Gasteiger partial charge in [-0.15, -0.1) is 23.3 Å². The Labute approximate surface area is 762 Å². The molecule has 4 fully saturated rings. The van der Waals surface area contributed by atoms with Gasteiger partial charge in [-0.2, -0.15) is 35.4 Å². The van der Waals surface area contributed by atoms with Crippen molar-refractivity contribution in [3.05, 3.63) is 131 Å². The zero-order chi connectivity index (χ0) is 108. The van der Waals surface area contributed by atoms with E-state index >= 15 is 0 Å². The molecule has 4 atom stereocenters. The number of nitrogens with one attached hydrogen (secondary N) is 2. The van der Waals surface area contributed by atoms with Gasteiger partial charge in [0.15, 0.2) is 0 Å². The van der Waals surface area contributed by atoms with Crippen LogP contribution in [0.2, 0.25) is 0 Å². The maximum atomic E-state index is 13.4. The SMILES string of the molecule is Cc1cc(NC(=O)c2cn(C)c3ccccc23)[c-]cc1CC(=O)N1C[C@@H](C)C[C@H]1COC1CCC(C)CC1.Cc1cc(NC(=O)c2cn(C)c3ccccc23)[c-]cc1CC(=O)N1C[C@@H](C)C[C@H]1COC1CCC(C)CC1.FF.FF.FF.FF.FF.FF.FF.FF.FF.FF.FF.FF.FF.FF.FF.FF.FF.FF.FF.FF.FF.FF.FF.FF.FF.FF.FF.[Y].[Y]. The van der Waals surface area contributed by atoms with Gasteiger partial charge in [-0.25, -0.2) is 0 Å². The van der Waals surface area contributed by atoms with Gasteiger partial charge in [0.25, 0.3) is 11.8 Å². The fraction of sp³-hybridized carbons (Fsp3) is 0.500. The molecule has 4 amide bonds. The molecule has 2 saturated carbocycles. The van der Waals surface area contributed by atoms with Crippen LogP contribution in [0.15, 0.2) is 85.2 Å². The maximum Gasteiger partial charge on any atom is 0.256 e. The first-order valence-electron chi connectivity index (χ1n) is 32.0. The average Bonchev–Trinajstić information content (AvgIpc) is 1.65. The first kappa shape index (κ1) is 177. The third-order valence-electron chi connectivity index (χ3n) is 16.9. The minimum atomic E-state index is -0.164. The van der Waals surface area contributed by atoms with E-state index in [9.17, 15) is 19.2 Å². The second-order valence-electron chi connectivity index (χ2n) is 23.2. The number of hydrogen-bond acceptors (Lipinski definition) is 6. The van der Waals surface area contributed by atoms with Crippen LogP contribution in [0, 0.1) is 49.7 Å². The summed E-state index contributed by atoms with van der Waals surface area (Å²) in [4.78, 5) is 56.9. The van der Waals surface area contributed by atoms with Crippen molar-refractivity contribution in [2.24, 2.45) is 37.8 Å². The molecule has 0 unspecified atom stereocenters. The van der Waals surface area contributed by atoms with Crippen LogP contribution in [0.1, 0.15) is 135 Å². The van der Waals surface area contributed by atoms with Crippen molar-refractivity contribution in [3.8, 4) is 0 Å². The summed E-state index contributed by atoms with van der Waals surface area (Å²) in [6.07, 6.45) is 16.6. The fourth-order valence-electron chi connectivity index (χ4n) is 12.3. The summed E-state index contributed by atoms with van der Waals surface area (Å²) in [7, 11) is 3.88. The minimum absolute atomic E-state index is 0. The summed E-state index contributed by atoms with van der Waals surface area (Å²) in [5, 5.41) is 7.81. The number of carbonyl (C=O) groups excluding carboxylic acids is 4. The van der Waals surface area contributed by atoms with Crippen LogP contribution in [0.25, 0.3) is 21.8 Å². The van der Waals surface area contributed by atoms with Crippen LogP contribution in [0.4, 0.5) is 258 Å². The number of para-hydroxylation sites is 2. The molecule has 2 aromatic heterocycles. The first-order chi connectivity index (χ1) is 63.6. The zero-order valence-corrected chi connectivity index (χ0v) is 73.5. The number of hydrogen-bond donors (Lipinski definition) is 2. The van der Waals surface area contributed by atoms with Crippen molar-refractivity contribution in [1.29, 1.82) is 0 Å². The average molecular weight is 2230 g/mol. The monoisotopic (exact) mass is 2230 g/mol. The Kier molecular flexibility index (Phi) is 196. The summed E-state index contributed by atoms with van der Waals surface area (Å²) in [5.74, 6) is 2.53. The quantitative estimate of drug-likeness (QED) is 0.0826. The molecule has 132 heavy (non-hydrogen) atoms. The molecule has 68 heteroatoms. The minimum Gasteiger partial charge on any atom is -0.376 e. The number of ether oxygens (including phenoxy) is 2. The number of rotatable bonds is 14. The molecule has 2 aliphatic heterocycles.